The number of methoxy groups -OCH3 is 1. The topological polar surface area (TPSA) is 151 Å². The van der Waals surface area contributed by atoms with Gasteiger partial charge in [-0.25, -0.2) is 17.6 Å². The molecule has 1 amide bonds. The average Bonchev–Trinajstić information content (AvgIpc) is 3.60. The van der Waals surface area contributed by atoms with Crippen LogP contribution in [-0.4, -0.2) is 60.9 Å². The van der Waals surface area contributed by atoms with Crippen LogP contribution in [0.5, 0.6) is 11.5 Å². The summed E-state index contributed by atoms with van der Waals surface area (Å²) in [5.74, 6) is -2.65. The number of aliphatic carboxylic acids is 1. The van der Waals surface area contributed by atoms with Crippen molar-refractivity contribution >= 4 is 27.4 Å². The summed E-state index contributed by atoms with van der Waals surface area (Å²) >= 11 is 0. The maximum atomic E-state index is 14.9. The van der Waals surface area contributed by atoms with Gasteiger partial charge in [-0.15, -0.1) is 0 Å². The van der Waals surface area contributed by atoms with Gasteiger partial charge >= 0.3 is 11.5 Å². The Morgan fingerprint density at radius 2 is 1.73 bits per heavy atom. The van der Waals surface area contributed by atoms with Gasteiger partial charge in [-0.3, -0.25) is 4.79 Å². The number of nitrogens with one attached hydrogen (secondary N) is 2. The van der Waals surface area contributed by atoms with Gasteiger partial charge in [0, 0.05) is 29.9 Å². The number of halogens is 4. The van der Waals surface area contributed by atoms with Crippen LogP contribution < -0.4 is 20.1 Å². The maximum Gasteiger partial charge on any atom is 0.501 e. The highest BCUT2D eigenvalue weighted by Gasteiger charge is 2.51. The molecule has 10 nitrogen and oxygen atoms in total. The van der Waals surface area contributed by atoms with E-state index in [9.17, 15) is 45.8 Å². The van der Waals surface area contributed by atoms with Gasteiger partial charge in [0.2, 0.25) is 5.91 Å². The zero-order valence-corrected chi connectivity index (χ0v) is 25.1. The van der Waals surface area contributed by atoms with E-state index < -0.39 is 55.6 Å². The van der Waals surface area contributed by atoms with Crippen LogP contribution in [0, 0.1) is 23.6 Å². The van der Waals surface area contributed by atoms with Crippen LogP contribution in [0.4, 0.5) is 23.2 Å². The van der Waals surface area contributed by atoms with Gasteiger partial charge in [0.15, 0.2) is 17.2 Å². The van der Waals surface area contributed by atoms with E-state index in [1.165, 1.54) is 25.3 Å². The lowest BCUT2D eigenvalue weighted by Gasteiger charge is -2.33. The smallest absolute Gasteiger partial charge is 0.496 e. The zero-order chi connectivity index (χ0) is 32.7. The molecular weight excluding hydrogens is 624 g/mol. The number of carboxylic acid groups (broad SMARTS) is 1. The normalized spacial score (nSPS) is 28.1. The molecule has 2 aromatic rings. The number of rotatable bonds is 10. The fourth-order valence-corrected chi connectivity index (χ4v) is 7.67. The van der Waals surface area contributed by atoms with Crippen LogP contribution in [0.25, 0.3) is 0 Å². The Morgan fingerprint density at radius 1 is 1.04 bits per heavy atom. The molecule has 0 aliphatic heterocycles. The number of hydrogen-bond donors (Lipinski definition) is 4. The minimum Gasteiger partial charge on any atom is -0.496 e. The molecule has 4 atom stereocenters. The van der Waals surface area contributed by atoms with Gasteiger partial charge in [-0.05, 0) is 81.0 Å². The number of benzene rings is 2. The second-order valence-electron chi connectivity index (χ2n) is 12.0. The number of hydrogen-bond acceptors (Lipinski definition) is 8. The van der Waals surface area contributed by atoms with Gasteiger partial charge in [0.1, 0.15) is 5.75 Å². The minimum atomic E-state index is -5.59. The van der Waals surface area contributed by atoms with Crippen LogP contribution in [-0.2, 0) is 26.0 Å². The Labute approximate surface area is 257 Å². The van der Waals surface area contributed by atoms with Gasteiger partial charge in [-0.1, -0.05) is 6.07 Å². The van der Waals surface area contributed by atoms with Gasteiger partial charge in [0.05, 0.1) is 24.0 Å². The molecule has 0 radical (unpaired) electrons. The maximum absolute atomic E-state index is 14.9. The molecule has 5 rings (SSSR count). The number of fused-ring (bicyclic) bond motifs is 2. The third kappa shape index (κ3) is 6.61. The number of ether oxygens (including phenoxy) is 2. The molecule has 0 spiro atoms. The van der Waals surface area contributed by atoms with Crippen LogP contribution >= 0.6 is 0 Å². The molecule has 3 fully saturated rings. The van der Waals surface area contributed by atoms with E-state index in [2.05, 4.69) is 10.6 Å². The molecule has 0 aromatic heterocycles. The molecule has 0 unspecified atom stereocenters. The van der Waals surface area contributed by atoms with E-state index in [0.717, 1.165) is 37.5 Å². The molecule has 246 valence electrons. The average molecular weight is 659 g/mol. The van der Waals surface area contributed by atoms with Gasteiger partial charge < -0.3 is 30.3 Å². The van der Waals surface area contributed by atoms with Crippen molar-refractivity contribution in [2.75, 3.05) is 12.4 Å². The Bertz CT molecular complexity index is 1560. The SMILES string of the molecule is COc1cc(F)c(OC2CCC(O)(C(=O)O)CC2)cc1CN[C@@H]1[C@@H]2CC[C@@H](C2)[C@@H]1C(=O)Nc1cccc(S(=O)(=O)C(F)(F)F)c1. The van der Waals surface area contributed by atoms with Crippen molar-refractivity contribution in [2.45, 2.75) is 79.6 Å². The number of carbonyl (C=O) groups excluding carboxylic acids is 1. The lowest BCUT2D eigenvalue weighted by atomic mass is 9.83. The third-order valence-electron chi connectivity index (χ3n) is 9.25. The highest BCUT2D eigenvalue weighted by molar-refractivity contribution is 7.92. The van der Waals surface area contributed by atoms with Crippen molar-refractivity contribution in [3.05, 3.63) is 47.8 Å². The van der Waals surface area contributed by atoms with Crippen molar-refractivity contribution in [1.82, 2.24) is 5.32 Å². The van der Waals surface area contributed by atoms with Crippen LogP contribution in [0.2, 0.25) is 0 Å². The fraction of sp³-hybridized carbons (Fsp3) is 0.533. The van der Waals surface area contributed by atoms with Crippen LogP contribution in [0.3, 0.4) is 0 Å². The Morgan fingerprint density at radius 3 is 2.38 bits per heavy atom. The summed E-state index contributed by atoms with van der Waals surface area (Å²) in [7, 11) is -4.21. The largest absolute Gasteiger partial charge is 0.501 e. The predicted octanol–water partition coefficient (Wildman–Crippen LogP) is 4.41. The number of amides is 1. The first-order valence-corrected chi connectivity index (χ1v) is 16.1. The summed E-state index contributed by atoms with van der Waals surface area (Å²) < 4.78 is 89.1. The molecule has 45 heavy (non-hydrogen) atoms. The first kappa shape index (κ1) is 32.9. The summed E-state index contributed by atoms with van der Waals surface area (Å²) in [4.78, 5) is 23.8. The molecule has 2 bridgehead atoms. The summed E-state index contributed by atoms with van der Waals surface area (Å²) in [5.41, 5.74) is -6.85. The zero-order valence-electron chi connectivity index (χ0n) is 24.3. The molecule has 3 aliphatic carbocycles. The Kier molecular flexibility index (Phi) is 9.08. The van der Waals surface area contributed by atoms with E-state index in [1.807, 2.05) is 0 Å². The number of sulfone groups is 1. The monoisotopic (exact) mass is 658 g/mol. The Hall–Kier alpha value is -3.43. The quantitative estimate of drug-likeness (QED) is 0.272. The second kappa shape index (κ2) is 12.4. The highest BCUT2D eigenvalue weighted by Crippen LogP contribution is 2.49. The highest BCUT2D eigenvalue weighted by atomic mass is 32.2. The van der Waals surface area contributed by atoms with Gasteiger partial charge in [-0.2, -0.15) is 13.2 Å². The number of carbonyl (C=O) groups is 2. The first-order valence-electron chi connectivity index (χ1n) is 14.6. The predicted molar refractivity (Wildman–Crippen MR) is 152 cm³/mol. The molecule has 3 aliphatic rings. The van der Waals surface area contributed by atoms with E-state index >= 15 is 0 Å². The summed E-state index contributed by atoms with van der Waals surface area (Å²) in [6.45, 7) is 0.167. The summed E-state index contributed by atoms with van der Waals surface area (Å²) in [5, 5.41) is 25.4. The molecule has 15 heteroatoms. The number of aliphatic hydroxyl groups is 1. The standard InChI is InChI=1S/C30H34F4N2O8S/c1-43-23-14-22(31)24(44-20-7-9-29(40,10-8-20)28(38)39)12-18(23)15-35-26-17-6-5-16(11-17)25(26)27(37)36-19-3-2-4-21(13-19)45(41,42)30(32,33)34/h2-4,12-14,16-17,20,25-26,35,40H,5-11,15H2,1H3,(H,36,37)(H,38,39)/t16-,17+,20?,25-,26+,29?/m0/s1. The molecule has 3 saturated carbocycles. The molecule has 4 N–H and O–H groups in total. The van der Waals surface area contributed by atoms with E-state index in [0.29, 0.717) is 5.56 Å². The third-order valence-corrected chi connectivity index (χ3v) is 10.7. The van der Waals surface area contributed by atoms with Crippen LogP contribution in [0.15, 0.2) is 41.3 Å². The van der Waals surface area contributed by atoms with E-state index in [4.69, 9.17) is 9.47 Å². The van der Waals surface area contributed by atoms with Crippen molar-refractivity contribution in [3.8, 4) is 11.5 Å². The molecule has 0 saturated heterocycles. The van der Waals surface area contributed by atoms with Crippen molar-refractivity contribution in [3.63, 3.8) is 0 Å². The van der Waals surface area contributed by atoms with Crippen molar-refractivity contribution in [1.29, 1.82) is 0 Å². The van der Waals surface area contributed by atoms with Crippen molar-refractivity contribution < 1.29 is 55.3 Å². The Balaban J connectivity index is 1.28. The summed E-state index contributed by atoms with van der Waals surface area (Å²) in [6, 6.07) is 6.39. The second-order valence-corrected chi connectivity index (χ2v) is 13.9. The van der Waals surface area contributed by atoms with E-state index in [-0.39, 0.29) is 67.3 Å². The van der Waals surface area contributed by atoms with Gasteiger partial charge in [0.25, 0.3) is 9.84 Å². The van der Waals surface area contributed by atoms with E-state index in [1.54, 1.807) is 0 Å². The minimum absolute atomic E-state index is 0.0133. The first-order chi connectivity index (χ1) is 21.1. The van der Waals surface area contributed by atoms with Crippen molar-refractivity contribution in [2.24, 2.45) is 17.8 Å². The number of carboxylic acids is 1. The number of alkyl halides is 3. The lowest BCUT2D eigenvalue weighted by Crippen LogP contribution is -2.45. The molecular formula is C30H34F4N2O8S. The van der Waals surface area contributed by atoms with Crippen LogP contribution in [0.1, 0.15) is 50.5 Å². The number of anilines is 1. The molecule has 2 aromatic carbocycles. The molecule has 0 heterocycles. The lowest BCUT2D eigenvalue weighted by molar-refractivity contribution is -0.163. The summed E-state index contributed by atoms with van der Waals surface area (Å²) in [6.07, 6.45) is 2.28. The fourth-order valence-electron chi connectivity index (χ4n) is 6.87.